The van der Waals surface area contributed by atoms with Crippen LogP contribution in [0, 0.1) is 13.8 Å². The van der Waals surface area contributed by atoms with Crippen LogP contribution in [0.1, 0.15) is 36.6 Å². The lowest BCUT2D eigenvalue weighted by atomic mass is 10.1. The van der Waals surface area contributed by atoms with E-state index in [1.165, 1.54) is 10.1 Å². The summed E-state index contributed by atoms with van der Waals surface area (Å²) < 4.78 is 1.40. The summed E-state index contributed by atoms with van der Waals surface area (Å²) in [5.74, 6) is 0.141. The summed E-state index contributed by atoms with van der Waals surface area (Å²) >= 11 is 6.12. The van der Waals surface area contributed by atoms with Crippen molar-refractivity contribution >= 4 is 23.2 Å². The Labute approximate surface area is 181 Å². The van der Waals surface area contributed by atoms with Crippen molar-refractivity contribution in [3.63, 3.8) is 0 Å². The molecule has 1 amide bonds. The number of unbranched alkanes of at least 4 members (excludes halogenated alkanes) is 1. The lowest BCUT2D eigenvalue weighted by molar-refractivity contribution is -0.116. The molecule has 30 heavy (non-hydrogen) atoms. The van der Waals surface area contributed by atoms with E-state index in [2.05, 4.69) is 17.2 Å². The van der Waals surface area contributed by atoms with E-state index in [9.17, 15) is 9.59 Å². The number of aryl methyl sites for hydroxylation is 2. The van der Waals surface area contributed by atoms with Gasteiger partial charge in [0.25, 0.3) is 5.56 Å². The van der Waals surface area contributed by atoms with Crippen molar-refractivity contribution in [3.8, 4) is 11.4 Å². The molecule has 1 aromatic heterocycles. The Kier molecular flexibility index (Phi) is 7.06. The summed E-state index contributed by atoms with van der Waals surface area (Å²) in [6, 6.07) is 14.9. The van der Waals surface area contributed by atoms with Crippen LogP contribution in [0.5, 0.6) is 0 Å². The minimum Gasteiger partial charge on any atom is -0.325 e. The van der Waals surface area contributed by atoms with Gasteiger partial charge in [0.15, 0.2) is 0 Å². The number of carbonyl (C=O) groups excluding carboxylic acids is 1. The molecule has 0 aliphatic rings. The van der Waals surface area contributed by atoms with Gasteiger partial charge < -0.3 is 5.32 Å². The van der Waals surface area contributed by atoms with Gasteiger partial charge in [-0.15, -0.1) is 0 Å². The van der Waals surface area contributed by atoms with Crippen LogP contribution in [0.25, 0.3) is 11.4 Å². The second-order valence-electron chi connectivity index (χ2n) is 7.40. The number of amides is 1. The predicted molar refractivity (Wildman–Crippen MR) is 122 cm³/mol. The molecule has 5 nitrogen and oxygen atoms in total. The average molecular weight is 424 g/mol. The molecule has 2 aromatic carbocycles. The first-order chi connectivity index (χ1) is 14.4. The molecule has 0 saturated heterocycles. The van der Waals surface area contributed by atoms with E-state index in [1.807, 2.05) is 30.3 Å². The Balaban J connectivity index is 1.86. The molecule has 0 bridgehead atoms. The number of nitrogens with one attached hydrogen (secondary N) is 1. The molecule has 3 aromatic rings. The molecular formula is C24H26ClN3O2. The third kappa shape index (κ3) is 5.16. The van der Waals surface area contributed by atoms with E-state index in [0.717, 1.165) is 19.3 Å². The molecule has 0 unspecified atom stereocenters. The molecule has 0 saturated carbocycles. The molecule has 3 rings (SSSR count). The van der Waals surface area contributed by atoms with Gasteiger partial charge in [-0.3, -0.25) is 14.2 Å². The fourth-order valence-electron chi connectivity index (χ4n) is 3.23. The van der Waals surface area contributed by atoms with Crippen molar-refractivity contribution in [2.24, 2.45) is 0 Å². The summed E-state index contributed by atoms with van der Waals surface area (Å²) in [6.45, 7) is 5.54. The van der Waals surface area contributed by atoms with Crippen LogP contribution in [0.2, 0.25) is 5.02 Å². The number of hydrogen-bond donors (Lipinski definition) is 1. The van der Waals surface area contributed by atoms with E-state index >= 15 is 0 Å². The van der Waals surface area contributed by atoms with Gasteiger partial charge in [-0.05, 0) is 56.5 Å². The van der Waals surface area contributed by atoms with Crippen LogP contribution in [0.15, 0.2) is 53.3 Å². The normalized spacial score (nSPS) is 10.8. The average Bonchev–Trinajstić information content (AvgIpc) is 2.73. The fraction of sp³-hybridized carbons (Fsp3) is 0.292. The smallest absolute Gasteiger partial charge is 0.257 e. The topological polar surface area (TPSA) is 64.0 Å². The third-order valence-electron chi connectivity index (χ3n) is 5.08. The molecule has 0 atom stereocenters. The van der Waals surface area contributed by atoms with Gasteiger partial charge in [0.05, 0.1) is 0 Å². The highest BCUT2D eigenvalue weighted by Crippen LogP contribution is 2.21. The number of aromatic nitrogens is 2. The molecular weight excluding hydrogens is 398 g/mol. The number of halogens is 1. The van der Waals surface area contributed by atoms with Crippen LogP contribution in [0.3, 0.4) is 0 Å². The zero-order chi connectivity index (χ0) is 21.7. The molecule has 6 heteroatoms. The first-order valence-electron chi connectivity index (χ1n) is 10.1. The summed E-state index contributed by atoms with van der Waals surface area (Å²) in [5.41, 5.74) is 3.56. The zero-order valence-corrected chi connectivity index (χ0v) is 18.3. The number of carbonyl (C=O) groups is 1. The molecule has 156 valence electrons. The minimum absolute atomic E-state index is 0.133. The summed E-state index contributed by atoms with van der Waals surface area (Å²) in [5, 5.41) is 3.41. The maximum atomic E-state index is 12.9. The van der Waals surface area contributed by atoms with Gasteiger partial charge >= 0.3 is 0 Å². The van der Waals surface area contributed by atoms with E-state index in [1.54, 1.807) is 32.0 Å². The number of anilines is 1. The second-order valence-corrected chi connectivity index (χ2v) is 7.83. The molecule has 0 aliphatic heterocycles. The number of rotatable bonds is 7. The molecule has 0 spiro atoms. The van der Waals surface area contributed by atoms with Crippen LogP contribution >= 0.6 is 11.6 Å². The SMILES string of the molecule is CCCCc1ccc(NC(=O)Cn2c(-c3cccc(Cl)c3)nc(C)c(C)c2=O)cc1. The van der Waals surface area contributed by atoms with E-state index in [4.69, 9.17) is 11.6 Å². The van der Waals surface area contributed by atoms with Gasteiger partial charge in [0.1, 0.15) is 12.4 Å². The lowest BCUT2D eigenvalue weighted by Gasteiger charge is -2.15. The first kappa shape index (κ1) is 21.8. The number of hydrogen-bond acceptors (Lipinski definition) is 3. The third-order valence-corrected chi connectivity index (χ3v) is 5.31. The highest BCUT2D eigenvalue weighted by atomic mass is 35.5. The van der Waals surface area contributed by atoms with Crippen LogP contribution in [-0.2, 0) is 17.8 Å². The molecule has 0 fully saturated rings. The summed E-state index contributed by atoms with van der Waals surface area (Å²) in [6.07, 6.45) is 3.31. The van der Waals surface area contributed by atoms with Crippen LogP contribution in [-0.4, -0.2) is 15.5 Å². The molecule has 0 aliphatic carbocycles. The Hall–Kier alpha value is -2.92. The molecule has 1 heterocycles. The van der Waals surface area contributed by atoms with Gasteiger partial charge in [-0.2, -0.15) is 0 Å². The highest BCUT2D eigenvalue weighted by Gasteiger charge is 2.16. The first-order valence-corrected chi connectivity index (χ1v) is 10.5. The quantitative estimate of drug-likeness (QED) is 0.570. The van der Waals surface area contributed by atoms with Crippen molar-refractivity contribution in [1.82, 2.24) is 9.55 Å². The van der Waals surface area contributed by atoms with E-state index in [0.29, 0.717) is 33.4 Å². The van der Waals surface area contributed by atoms with Crippen LogP contribution < -0.4 is 10.9 Å². The monoisotopic (exact) mass is 423 g/mol. The number of nitrogens with zero attached hydrogens (tertiary/aromatic N) is 2. The van der Waals surface area contributed by atoms with Gasteiger partial charge in [-0.25, -0.2) is 4.98 Å². The second kappa shape index (κ2) is 9.72. The van der Waals surface area contributed by atoms with Crippen molar-refractivity contribution in [2.75, 3.05) is 5.32 Å². The Morgan fingerprint density at radius 1 is 1.13 bits per heavy atom. The molecule has 1 N–H and O–H groups in total. The largest absolute Gasteiger partial charge is 0.325 e. The molecule has 0 radical (unpaired) electrons. The summed E-state index contributed by atoms with van der Waals surface area (Å²) in [4.78, 5) is 30.2. The van der Waals surface area contributed by atoms with Crippen LogP contribution in [0.4, 0.5) is 5.69 Å². The Morgan fingerprint density at radius 2 is 1.87 bits per heavy atom. The van der Waals surface area contributed by atoms with Crippen molar-refractivity contribution in [2.45, 2.75) is 46.6 Å². The maximum absolute atomic E-state index is 12.9. The zero-order valence-electron chi connectivity index (χ0n) is 17.5. The summed E-state index contributed by atoms with van der Waals surface area (Å²) in [7, 11) is 0. The van der Waals surface area contributed by atoms with Crippen molar-refractivity contribution in [3.05, 3.63) is 80.7 Å². The van der Waals surface area contributed by atoms with Gasteiger partial charge in [0.2, 0.25) is 5.91 Å². The van der Waals surface area contributed by atoms with Crippen molar-refractivity contribution < 1.29 is 4.79 Å². The Morgan fingerprint density at radius 3 is 2.53 bits per heavy atom. The number of benzene rings is 2. The maximum Gasteiger partial charge on any atom is 0.257 e. The van der Waals surface area contributed by atoms with Crippen molar-refractivity contribution in [1.29, 1.82) is 0 Å². The fourth-order valence-corrected chi connectivity index (χ4v) is 3.42. The lowest BCUT2D eigenvalue weighted by Crippen LogP contribution is -2.31. The minimum atomic E-state index is -0.285. The standard InChI is InChI=1S/C24H26ClN3O2/c1-4-5-7-18-10-12-21(13-11-18)27-22(29)15-28-23(19-8-6-9-20(25)14-19)26-17(3)16(2)24(28)30/h6,8-14H,4-5,7,15H2,1-3H3,(H,27,29). The van der Waals surface area contributed by atoms with Gasteiger partial charge in [-0.1, -0.05) is 49.2 Å². The van der Waals surface area contributed by atoms with E-state index in [-0.39, 0.29) is 18.0 Å². The predicted octanol–water partition coefficient (Wildman–Crippen LogP) is 5.16. The van der Waals surface area contributed by atoms with Gasteiger partial charge in [0, 0.05) is 27.5 Å². The van der Waals surface area contributed by atoms with E-state index < -0.39 is 0 Å². The highest BCUT2D eigenvalue weighted by molar-refractivity contribution is 6.30. The Bertz CT molecular complexity index is 1100.